The van der Waals surface area contributed by atoms with Crippen molar-refractivity contribution in [2.75, 3.05) is 12.4 Å². The Labute approximate surface area is 129 Å². The lowest BCUT2D eigenvalue weighted by Crippen LogP contribution is -1.99. The molecule has 3 aromatic rings. The van der Waals surface area contributed by atoms with Crippen LogP contribution in [0.15, 0.2) is 42.7 Å². The summed E-state index contributed by atoms with van der Waals surface area (Å²) in [5.41, 5.74) is 0.840. The summed E-state index contributed by atoms with van der Waals surface area (Å²) in [5, 5.41) is 6.96. The van der Waals surface area contributed by atoms with Crippen molar-refractivity contribution in [3.8, 4) is 11.4 Å². The number of nitrogens with one attached hydrogen (secondary N) is 1. The molecule has 0 radical (unpaired) electrons. The molecule has 0 aliphatic heterocycles. The van der Waals surface area contributed by atoms with Crippen LogP contribution in [0, 0.1) is 17.5 Å². The first-order valence-electron chi connectivity index (χ1n) is 6.54. The standard InChI is InChI=1S/C15H11F3N4O/c1-23-14-6-9(2-4-12(14)17)20-15-19-8-22(21-15)10-3-5-11(16)13(18)7-10/h2-8H,1H3,(H,20,21). The molecular weight excluding hydrogens is 309 g/mol. The van der Waals surface area contributed by atoms with E-state index in [-0.39, 0.29) is 11.7 Å². The molecular formula is C15H11F3N4O. The Bertz CT molecular complexity index is 850. The van der Waals surface area contributed by atoms with Gasteiger partial charge in [0.15, 0.2) is 23.2 Å². The number of halogens is 3. The number of benzene rings is 2. The zero-order valence-corrected chi connectivity index (χ0v) is 11.9. The highest BCUT2D eigenvalue weighted by atomic mass is 19.2. The van der Waals surface area contributed by atoms with Crippen LogP contribution >= 0.6 is 0 Å². The summed E-state index contributed by atoms with van der Waals surface area (Å²) in [6.45, 7) is 0. The molecule has 0 fully saturated rings. The maximum absolute atomic E-state index is 13.4. The predicted octanol–water partition coefficient (Wildman–Crippen LogP) is 3.44. The number of rotatable bonds is 4. The second-order valence-electron chi connectivity index (χ2n) is 4.59. The average Bonchev–Trinajstić information content (AvgIpc) is 3.00. The first-order chi connectivity index (χ1) is 11.1. The van der Waals surface area contributed by atoms with Gasteiger partial charge in [0.05, 0.1) is 12.8 Å². The summed E-state index contributed by atoms with van der Waals surface area (Å²) in [4.78, 5) is 4.01. The maximum atomic E-state index is 13.4. The number of anilines is 2. The van der Waals surface area contributed by atoms with Gasteiger partial charge in [0.25, 0.3) is 0 Å². The van der Waals surface area contributed by atoms with Gasteiger partial charge in [-0.05, 0) is 24.3 Å². The van der Waals surface area contributed by atoms with Gasteiger partial charge < -0.3 is 10.1 Å². The first-order valence-corrected chi connectivity index (χ1v) is 6.54. The predicted molar refractivity (Wildman–Crippen MR) is 77.5 cm³/mol. The summed E-state index contributed by atoms with van der Waals surface area (Å²) < 4.78 is 45.7. The average molecular weight is 320 g/mol. The number of hydrogen-bond donors (Lipinski definition) is 1. The first kappa shape index (κ1) is 14.9. The van der Waals surface area contributed by atoms with Gasteiger partial charge in [-0.1, -0.05) is 0 Å². The van der Waals surface area contributed by atoms with Gasteiger partial charge in [-0.25, -0.2) is 17.9 Å². The van der Waals surface area contributed by atoms with Crippen molar-refractivity contribution in [3.63, 3.8) is 0 Å². The smallest absolute Gasteiger partial charge is 0.246 e. The number of nitrogens with zero attached hydrogens (tertiary/aromatic N) is 3. The van der Waals surface area contributed by atoms with E-state index in [4.69, 9.17) is 4.74 Å². The van der Waals surface area contributed by atoms with Gasteiger partial charge in [0.1, 0.15) is 6.33 Å². The van der Waals surface area contributed by atoms with E-state index < -0.39 is 17.5 Å². The highest BCUT2D eigenvalue weighted by Gasteiger charge is 2.08. The molecule has 2 aromatic carbocycles. The van der Waals surface area contributed by atoms with E-state index in [1.54, 1.807) is 0 Å². The zero-order valence-electron chi connectivity index (χ0n) is 11.9. The Morgan fingerprint density at radius 3 is 2.52 bits per heavy atom. The molecule has 3 rings (SSSR count). The van der Waals surface area contributed by atoms with Crippen molar-refractivity contribution in [2.24, 2.45) is 0 Å². The molecule has 0 amide bonds. The third-order valence-corrected chi connectivity index (χ3v) is 3.07. The van der Waals surface area contributed by atoms with E-state index >= 15 is 0 Å². The second kappa shape index (κ2) is 5.99. The Hall–Kier alpha value is -3.03. The number of hydrogen-bond acceptors (Lipinski definition) is 4. The van der Waals surface area contributed by atoms with E-state index in [0.29, 0.717) is 11.4 Å². The molecule has 0 bridgehead atoms. The summed E-state index contributed by atoms with van der Waals surface area (Å²) in [5.74, 6) is -2.11. The molecule has 0 aliphatic carbocycles. The van der Waals surface area contributed by atoms with E-state index in [0.717, 1.165) is 12.1 Å². The lowest BCUT2D eigenvalue weighted by Gasteiger charge is -2.06. The van der Waals surface area contributed by atoms with Gasteiger partial charge in [0.2, 0.25) is 5.95 Å². The third kappa shape index (κ3) is 3.10. The van der Waals surface area contributed by atoms with Gasteiger partial charge >= 0.3 is 0 Å². The summed E-state index contributed by atoms with van der Waals surface area (Å²) >= 11 is 0. The molecule has 0 spiro atoms. The Morgan fingerprint density at radius 1 is 1.00 bits per heavy atom. The number of aromatic nitrogens is 3. The lowest BCUT2D eigenvalue weighted by atomic mass is 10.3. The number of methoxy groups -OCH3 is 1. The van der Waals surface area contributed by atoms with E-state index in [1.807, 2.05) is 0 Å². The molecule has 0 saturated carbocycles. The van der Waals surface area contributed by atoms with E-state index in [1.165, 1.54) is 42.4 Å². The van der Waals surface area contributed by atoms with Crippen molar-refractivity contribution in [1.82, 2.24) is 14.8 Å². The van der Waals surface area contributed by atoms with Crippen LogP contribution in [0.2, 0.25) is 0 Å². The van der Waals surface area contributed by atoms with Crippen molar-refractivity contribution in [1.29, 1.82) is 0 Å². The fraction of sp³-hybridized carbons (Fsp3) is 0.0667. The Balaban J connectivity index is 1.83. The van der Waals surface area contributed by atoms with Crippen LogP contribution in [0.3, 0.4) is 0 Å². The molecule has 0 atom stereocenters. The van der Waals surface area contributed by atoms with Crippen molar-refractivity contribution in [2.45, 2.75) is 0 Å². The van der Waals surface area contributed by atoms with Crippen molar-refractivity contribution in [3.05, 3.63) is 60.2 Å². The third-order valence-electron chi connectivity index (χ3n) is 3.07. The molecule has 0 saturated heterocycles. The van der Waals surface area contributed by atoms with Crippen molar-refractivity contribution >= 4 is 11.6 Å². The monoisotopic (exact) mass is 320 g/mol. The molecule has 0 aliphatic rings. The van der Waals surface area contributed by atoms with Gasteiger partial charge in [-0.2, -0.15) is 4.98 Å². The quantitative estimate of drug-likeness (QED) is 0.800. The number of ether oxygens (including phenoxy) is 1. The lowest BCUT2D eigenvalue weighted by molar-refractivity contribution is 0.387. The van der Waals surface area contributed by atoms with Crippen LogP contribution in [-0.2, 0) is 0 Å². The molecule has 1 heterocycles. The van der Waals surface area contributed by atoms with Crippen LogP contribution in [0.25, 0.3) is 5.69 Å². The Morgan fingerprint density at radius 2 is 1.78 bits per heavy atom. The topological polar surface area (TPSA) is 52.0 Å². The summed E-state index contributed by atoms with van der Waals surface area (Å²) in [6, 6.07) is 7.58. The fourth-order valence-corrected chi connectivity index (χ4v) is 1.94. The van der Waals surface area contributed by atoms with Gasteiger partial charge in [-0.3, -0.25) is 0 Å². The summed E-state index contributed by atoms with van der Waals surface area (Å²) in [6.07, 6.45) is 1.34. The molecule has 1 N–H and O–H groups in total. The van der Waals surface area contributed by atoms with E-state index in [9.17, 15) is 13.2 Å². The molecule has 1 aromatic heterocycles. The highest BCUT2D eigenvalue weighted by molar-refractivity contribution is 5.56. The minimum absolute atomic E-state index is 0.0787. The fourth-order valence-electron chi connectivity index (χ4n) is 1.94. The summed E-state index contributed by atoms with van der Waals surface area (Å²) in [7, 11) is 1.36. The molecule has 5 nitrogen and oxygen atoms in total. The zero-order chi connectivity index (χ0) is 16.4. The van der Waals surface area contributed by atoms with Gasteiger partial charge in [0, 0.05) is 17.8 Å². The van der Waals surface area contributed by atoms with Crippen LogP contribution in [0.1, 0.15) is 0 Å². The molecule has 8 heteroatoms. The Kier molecular flexibility index (Phi) is 3.88. The van der Waals surface area contributed by atoms with Crippen LogP contribution in [-0.4, -0.2) is 21.9 Å². The maximum Gasteiger partial charge on any atom is 0.246 e. The molecule has 23 heavy (non-hydrogen) atoms. The highest BCUT2D eigenvalue weighted by Crippen LogP contribution is 2.23. The van der Waals surface area contributed by atoms with Gasteiger partial charge in [-0.15, -0.1) is 5.10 Å². The minimum Gasteiger partial charge on any atom is -0.494 e. The minimum atomic E-state index is -0.976. The van der Waals surface area contributed by atoms with Crippen molar-refractivity contribution < 1.29 is 17.9 Å². The van der Waals surface area contributed by atoms with Crippen LogP contribution in [0.4, 0.5) is 24.8 Å². The second-order valence-corrected chi connectivity index (χ2v) is 4.59. The molecule has 118 valence electrons. The normalized spacial score (nSPS) is 10.6. The van der Waals surface area contributed by atoms with E-state index in [2.05, 4.69) is 15.4 Å². The van der Waals surface area contributed by atoms with Crippen LogP contribution < -0.4 is 10.1 Å². The van der Waals surface area contributed by atoms with Crippen LogP contribution in [0.5, 0.6) is 5.75 Å². The largest absolute Gasteiger partial charge is 0.494 e. The SMILES string of the molecule is COc1cc(Nc2ncn(-c3ccc(F)c(F)c3)n2)ccc1F. The molecule has 0 unspecified atom stereocenters.